The normalized spacial score (nSPS) is 16.0. The summed E-state index contributed by atoms with van der Waals surface area (Å²) in [5.41, 5.74) is 2.12. The van der Waals surface area contributed by atoms with Gasteiger partial charge in [-0.2, -0.15) is 0 Å². The summed E-state index contributed by atoms with van der Waals surface area (Å²) in [4.78, 5) is 11.4. The highest BCUT2D eigenvalue weighted by atomic mass is 127. The van der Waals surface area contributed by atoms with Gasteiger partial charge in [-0.1, -0.05) is 18.2 Å². The molecule has 2 heterocycles. The van der Waals surface area contributed by atoms with E-state index in [1.54, 1.807) is 13.3 Å². The van der Waals surface area contributed by atoms with E-state index in [1.165, 1.54) is 0 Å². The molecule has 0 saturated carbocycles. The molecule has 1 aromatic carbocycles. The van der Waals surface area contributed by atoms with Gasteiger partial charge in [0.05, 0.1) is 25.9 Å². The van der Waals surface area contributed by atoms with E-state index in [-0.39, 0.29) is 24.0 Å². The Morgan fingerprint density at radius 3 is 2.83 bits per heavy atom. The molecular weight excluding hydrogens is 493 g/mol. The molecule has 1 fully saturated rings. The van der Waals surface area contributed by atoms with E-state index in [1.807, 2.05) is 37.3 Å². The molecule has 0 spiro atoms. The molecule has 2 aromatic rings. The van der Waals surface area contributed by atoms with Crippen LogP contribution in [0.3, 0.4) is 0 Å². The maximum atomic E-state index is 5.61. The maximum absolute atomic E-state index is 5.61. The fourth-order valence-corrected chi connectivity index (χ4v) is 3.48. The summed E-state index contributed by atoms with van der Waals surface area (Å²) >= 11 is 0. The largest absolute Gasteiger partial charge is 0.495 e. The number of ether oxygens (including phenoxy) is 2. The van der Waals surface area contributed by atoms with Crippen molar-refractivity contribution in [2.24, 2.45) is 4.99 Å². The molecule has 164 valence electrons. The van der Waals surface area contributed by atoms with Crippen molar-refractivity contribution in [3.05, 3.63) is 48.2 Å². The second kappa shape index (κ2) is 12.5. The molecule has 3 rings (SSSR count). The molecule has 0 bridgehead atoms. The van der Waals surface area contributed by atoms with Crippen LogP contribution >= 0.6 is 24.0 Å². The first-order valence-electron chi connectivity index (χ1n) is 10.2. The van der Waals surface area contributed by atoms with Crippen LogP contribution in [0.1, 0.15) is 25.8 Å². The lowest BCUT2D eigenvalue weighted by Gasteiger charge is -2.22. The number of para-hydroxylation sites is 2. The quantitative estimate of drug-likeness (QED) is 0.313. The number of rotatable bonds is 8. The molecule has 1 aromatic heterocycles. The molecule has 8 heteroatoms. The number of hydrogen-bond donors (Lipinski definition) is 2. The topological polar surface area (TPSA) is 71.0 Å². The van der Waals surface area contributed by atoms with E-state index >= 15 is 0 Å². The van der Waals surface area contributed by atoms with E-state index in [4.69, 9.17) is 14.5 Å². The van der Waals surface area contributed by atoms with Crippen LogP contribution in [-0.4, -0.2) is 50.3 Å². The van der Waals surface area contributed by atoms with Crippen molar-refractivity contribution < 1.29 is 9.47 Å². The molecule has 1 aliphatic rings. The number of aliphatic imine (C=N–C) groups is 1. The zero-order valence-electron chi connectivity index (χ0n) is 17.9. The van der Waals surface area contributed by atoms with E-state index < -0.39 is 0 Å². The minimum absolute atomic E-state index is 0. The lowest BCUT2D eigenvalue weighted by molar-refractivity contribution is 0.323. The van der Waals surface area contributed by atoms with Gasteiger partial charge in [0.2, 0.25) is 5.88 Å². The van der Waals surface area contributed by atoms with Gasteiger partial charge in [-0.15, -0.1) is 24.0 Å². The van der Waals surface area contributed by atoms with Gasteiger partial charge >= 0.3 is 0 Å². The van der Waals surface area contributed by atoms with Gasteiger partial charge in [0.1, 0.15) is 5.75 Å². The SMILES string of the molecule is CCNC(=NCc1cccnc1OCC)NC1CCN(c2ccccc2OC)C1.I. The lowest BCUT2D eigenvalue weighted by Crippen LogP contribution is -2.44. The third kappa shape index (κ3) is 6.38. The second-order valence-corrected chi connectivity index (χ2v) is 6.84. The first kappa shape index (κ1) is 24.0. The van der Waals surface area contributed by atoms with Crippen LogP contribution in [0.2, 0.25) is 0 Å². The standard InChI is InChI=1S/C22H31N5O2.HI/c1-4-23-22(25-15-17-9-8-13-24-21(17)29-5-2)26-18-12-14-27(16-18)19-10-6-7-11-20(19)28-3;/h6-11,13,18H,4-5,12,14-16H2,1-3H3,(H2,23,25,26);1H. The minimum atomic E-state index is 0. The molecule has 0 aliphatic carbocycles. The molecule has 30 heavy (non-hydrogen) atoms. The Bertz CT molecular complexity index is 818. The predicted octanol–water partition coefficient (Wildman–Crippen LogP) is 3.44. The fourth-order valence-electron chi connectivity index (χ4n) is 3.48. The number of benzene rings is 1. The Morgan fingerprint density at radius 2 is 2.07 bits per heavy atom. The number of pyridine rings is 1. The van der Waals surface area contributed by atoms with Crippen LogP contribution < -0.4 is 25.0 Å². The van der Waals surface area contributed by atoms with Crippen molar-refractivity contribution in [1.29, 1.82) is 0 Å². The van der Waals surface area contributed by atoms with Gasteiger partial charge in [-0.3, -0.25) is 0 Å². The number of guanidine groups is 1. The third-order valence-electron chi connectivity index (χ3n) is 4.84. The molecule has 2 N–H and O–H groups in total. The highest BCUT2D eigenvalue weighted by molar-refractivity contribution is 14.0. The Kier molecular flexibility index (Phi) is 9.99. The molecule has 1 atom stereocenters. The van der Waals surface area contributed by atoms with Gasteiger partial charge < -0.3 is 25.0 Å². The van der Waals surface area contributed by atoms with Crippen molar-refractivity contribution in [1.82, 2.24) is 15.6 Å². The summed E-state index contributed by atoms with van der Waals surface area (Å²) in [5, 5.41) is 6.91. The molecule has 7 nitrogen and oxygen atoms in total. The number of anilines is 1. The van der Waals surface area contributed by atoms with Crippen molar-refractivity contribution >= 4 is 35.6 Å². The molecule has 1 aliphatic heterocycles. The number of aromatic nitrogens is 1. The number of hydrogen-bond acceptors (Lipinski definition) is 5. The first-order valence-corrected chi connectivity index (χ1v) is 10.2. The van der Waals surface area contributed by atoms with Crippen LogP contribution in [0.25, 0.3) is 0 Å². The highest BCUT2D eigenvalue weighted by Crippen LogP contribution is 2.30. The number of nitrogens with one attached hydrogen (secondary N) is 2. The van der Waals surface area contributed by atoms with Gasteiger partial charge in [0, 0.05) is 37.4 Å². The van der Waals surface area contributed by atoms with Crippen molar-refractivity contribution in [2.75, 3.05) is 38.3 Å². The van der Waals surface area contributed by atoms with E-state index in [0.717, 1.165) is 49.0 Å². The highest BCUT2D eigenvalue weighted by Gasteiger charge is 2.25. The summed E-state index contributed by atoms with van der Waals surface area (Å²) in [6.45, 7) is 7.83. The first-order chi connectivity index (χ1) is 14.2. The Balaban J connectivity index is 0.00000320. The molecular formula is C22H32IN5O2. The monoisotopic (exact) mass is 525 g/mol. The van der Waals surface area contributed by atoms with Gasteiger partial charge in [-0.25, -0.2) is 9.98 Å². The smallest absolute Gasteiger partial charge is 0.218 e. The Hall–Kier alpha value is -2.23. The minimum Gasteiger partial charge on any atom is -0.495 e. The van der Waals surface area contributed by atoms with E-state index in [0.29, 0.717) is 25.1 Å². The van der Waals surface area contributed by atoms with Crippen LogP contribution in [0.15, 0.2) is 47.6 Å². The number of halogens is 1. The van der Waals surface area contributed by atoms with Gasteiger partial charge in [-0.05, 0) is 38.5 Å². The number of nitrogens with zero attached hydrogens (tertiary/aromatic N) is 3. The summed E-state index contributed by atoms with van der Waals surface area (Å²) < 4.78 is 11.1. The Labute approximate surface area is 196 Å². The molecule has 1 saturated heterocycles. The summed E-state index contributed by atoms with van der Waals surface area (Å²) in [6, 6.07) is 12.4. The van der Waals surface area contributed by atoms with E-state index in [9.17, 15) is 0 Å². The average molecular weight is 525 g/mol. The average Bonchev–Trinajstić information content (AvgIpc) is 3.21. The van der Waals surface area contributed by atoms with Gasteiger partial charge in [0.15, 0.2) is 5.96 Å². The Morgan fingerprint density at radius 1 is 1.23 bits per heavy atom. The van der Waals surface area contributed by atoms with Crippen LogP contribution in [-0.2, 0) is 6.54 Å². The predicted molar refractivity (Wildman–Crippen MR) is 132 cm³/mol. The number of methoxy groups -OCH3 is 1. The summed E-state index contributed by atoms with van der Waals surface area (Å²) in [5.74, 6) is 2.37. The van der Waals surface area contributed by atoms with E-state index in [2.05, 4.69) is 33.5 Å². The molecule has 1 unspecified atom stereocenters. The zero-order valence-corrected chi connectivity index (χ0v) is 20.3. The summed E-state index contributed by atoms with van der Waals surface area (Å²) in [6.07, 6.45) is 2.78. The van der Waals surface area contributed by atoms with Crippen molar-refractivity contribution in [3.63, 3.8) is 0 Å². The fraction of sp³-hybridized carbons (Fsp3) is 0.455. The summed E-state index contributed by atoms with van der Waals surface area (Å²) in [7, 11) is 1.72. The lowest BCUT2D eigenvalue weighted by atomic mass is 10.2. The third-order valence-corrected chi connectivity index (χ3v) is 4.84. The molecule has 0 radical (unpaired) electrons. The maximum Gasteiger partial charge on any atom is 0.218 e. The van der Waals surface area contributed by atoms with Gasteiger partial charge in [0.25, 0.3) is 0 Å². The van der Waals surface area contributed by atoms with Crippen LogP contribution in [0.5, 0.6) is 11.6 Å². The van der Waals surface area contributed by atoms with Crippen LogP contribution in [0, 0.1) is 0 Å². The second-order valence-electron chi connectivity index (χ2n) is 6.84. The van der Waals surface area contributed by atoms with Crippen molar-refractivity contribution in [3.8, 4) is 11.6 Å². The van der Waals surface area contributed by atoms with Crippen molar-refractivity contribution in [2.45, 2.75) is 32.9 Å². The zero-order chi connectivity index (χ0) is 20.5. The molecule has 0 amide bonds. The van der Waals surface area contributed by atoms with Crippen LogP contribution in [0.4, 0.5) is 5.69 Å².